The first kappa shape index (κ1) is 18.7. The average Bonchev–Trinajstić information content (AvgIpc) is 2.54. The molecule has 0 bridgehead atoms. The summed E-state index contributed by atoms with van der Waals surface area (Å²) in [4.78, 5) is 12.4. The summed E-state index contributed by atoms with van der Waals surface area (Å²) < 4.78 is 24.5. The van der Waals surface area contributed by atoms with Crippen molar-refractivity contribution in [1.82, 2.24) is 0 Å². The number of thioether (sulfide) groups is 1. The summed E-state index contributed by atoms with van der Waals surface area (Å²) in [5, 5.41) is 5.34. The lowest BCUT2D eigenvalue weighted by molar-refractivity contribution is -0.682. The quantitative estimate of drug-likeness (QED) is 0.725. The zero-order valence-corrected chi connectivity index (χ0v) is 14.6. The van der Waals surface area contributed by atoms with Gasteiger partial charge in [-0.15, -0.1) is 0 Å². The average molecular weight is 372 g/mol. The van der Waals surface area contributed by atoms with Crippen molar-refractivity contribution in [3.05, 3.63) is 59.1 Å². The molecule has 0 aliphatic carbocycles. The van der Waals surface area contributed by atoms with Gasteiger partial charge < -0.3 is 10.6 Å². The highest BCUT2D eigenvalue weighted by molar-refractivity contribution is 7.99. The van der Waals surface area contributed by atoms with E-state index in [9.17, 15) is 13.6 Å². The molecule has 7 heteroatoms. The Morgan fingerprint density at radius 3 is 2.38 bits per heavy atom. The molecule has 0 spiro atoms. The summed E-state index contributed by atoms with van der Waals surface area (Å²) in [6, 6.07) is 14.0. The standard InChI is InChI=1S/C17H17ClF2N2OS/c1-11(12-2-4-13(18)5-3-12)21-10-16(23)22-14-6-8-15(9-7-14)24-17(19)20/h2-9,11,17,21H,10H2,1H3,(H,22,23)/p+1/t11-/m1/s1. The molecule has 2 aromatic carbocycles. The van der Waals surface area contributed by atoms with Gasteiger partial charge in [-0.3, -0.25) is 4.79 Å². The predicted molar refractivity (Wildman–Crippen MR) is 93.6 cm³/mol. The molecule has 0 unspecified atom stereocenters. The minimum absolute atomic E-state index is 0.123. The normalized spacial score (nSPS) is 12.2. The number of carbonyl (C=O) groups excluding carboxylic acids is 1. The van der Waals surface area contributed by atoms with E-state index < -0.39 is 5.76 Å². The Hall–Kier alpha value is -1.63. The minimum atomic E-state index is -2.45. The summed E-state index contributed by atoms with van der Waals surface area (Å²) in [5.74, 6) is -2.60. The minimum Gasteiger partial charge on any atom is -0.333 e. The third kappa shape index (κ3) is 6.11. The number of alkyl halides is 2. The molecule has 0 radical (unpaired) electrons. The third-order valence-corrected chi connectivity index (χ3v) is 4.39. The molecule has 1 amide bonds. The highest BCUT2D eigenvalue weighted by Crippen LogP contribution is 2.26. The second kappa shape index (κ2) is 9.01. The van der Waals surface area contributed by atoms with Crippen LogP contribution < -0.4 is 10.6 Å². The summed E-state index contributed by atoms with van der Waals surface area (Å²) >= 11 is 6.33. The van der Waals surface area contributed by atoms with Crippen LogP contribution in [-0.2, 0) is 4.79 Å². The topological polar surface area (TPSA) is 45.7 Å². The fraction of sp³-hybridized carbons (Fsp3) is 0.235. The summed E-state index contributed by atoms with van der Waals surface area (Å²) in [5.41, 5.74) is 1.67. The van der Waals surface area contributed by atoms with Crippen LogP contribution in [0.25, 0.3) is 0 Å². The van der Waals surface area contributed by atoms with Gasteiger partial charge in [0.05, 0.1) is 0 Å². The van der Waals surface area contributed by atoms with Crippen LogP contribution in [0.2, 0.25) is 5.02 Å². The van der Waals surface area contributed by atoms with Gasteiger partial charge in [0.2, 0.25) is 0 Å². The van der Waals surface area contributed by atoms with E-state index in [1.807, 2.05) is 36.5 Å². The Labute approximate surface area is 148 Å². The number of nitrogens with one attached hydrogen (secondary N) is 1. The molecule has 128 valence electrons. The first-order chi connectivity index (χ1) is 11.4. The van der Waals surface area contributed by atoms with Gasteiger partial charge in [-0.05, 0) is 43.3 Å². The van der Waals surface area contributed by atoms with Crippen molar-refractivity contribution < 1.29 is 18.9 Å². The molecule has 2 aromatic rings. The molecule has 0 aliphatic heterocycles. The largest absolute Gasteiger partial charge is 0.333 e. The van der Waals surface area contributed by atoms with Crippen LogP contribution in [0, 0.1) is 0 Å². The van der Waals surface area contributed by atoms with Crippen molar-refractivity contribution in [3.8, 4) is 0 Å². The summed E-state index contributed by atoms with van der Waals surface area (Å²) in [6.45, 7) is 2.27. The van der Waals surface area contributed by atoms with Gasteiger partial charge in [0, 0.05) is 21.2 Å². The van der Waals surface area contributed by atoms with Crippen LogP contribution in [0.5, 0.6) is 0 Å². The number of nitrogens with two attached hydrogens (primary N) is 1. The Morgan fingerprint density at radius 1 is 1.17 bits per heavy atom. The van der Waals surface area contributed by atoms with E-state index in [2.05, 4.69) is 5.32 Å². The maximum absolute atomic E-state index is 12.3. The molecule has 0 fully saturated rings. The van der Waals surface area contributed by atoms with Crippen LogP contribution in [0.1, 0.15) is 18.5 Å². The lowest BCUT2D eigenvalue weighted by Gasteiger charge is -2.11. The molecular weight excluding hydrogens is 354 g/mol. The van der Waals surface area contributed by atoms with E-state index in [1.165, 1.54) is 0 Å². The zero-order valence-electron chi connectivity index (χ0n) is 13.0. The molecule has 0 heterocycles. The monoisotopic (exact) mass is 371 g/mol. The first-order valence-electron chi connectivity index (χ1n) is 7.37. The number of anilines is 1. The van der Waals surface area contributed by atoms with Crippen molar-refractivity contribution in [3.63, 3.8) is 0 Å². The van der Waals surface area contributed by atoms with Crippen LogP contribution >= 0.6 is 23.4 Å². The second-order valence-corrected chi connectivity index (χ2v) is 6.73. The molecule has 0 saturated heterocycles. The Balaban J connectivity index is 1.81. The van der Waals surface area contributed by atoms with E-state index in [1.54, 1.807) is 24.3 Å². The fourth-order valence-electron chi connectivity index (χ4n) is 2.12. The van der Waals surface area contributed by atoms with Gasteiger partial charge in [-0.25, -0.2) is 0 Å². The van der Waals surface area contributed by atoms with Gasteiger partial charge in [-0.1, -0.05) is 35.5 Å². The first-order valence-corrected chi connectivity index (χ1v) is 8.63. The van der Waals surface area contributed by atoms with Crippen molar-refractivity contribution >= 4 is 35.0 Å². The van der Waals surface area contributed by atoms with Crippen molar-refractivity contribution in [1.29, 1.82) is 0 Å². The molecule has 3 nitrogen and oxygen atoms in total. The number of rotatable bonds is 7. The predicted octanol–water partition coefficient (Wildman–Crippen LogP) is 3.92. The number of hydrogen-bond acceptors (Lipinski definition) is 2. The van der Waals surface area contributed by atoms with Gasteiger partial charge >= 0.3 is 0 Å². The molecule has 24 heavy (non-hydrogen) atoms. The Kier molecular flexibility index (Phi) is 7.02. The third-order valence-electron chi connectivity index (χ3n) is 3.42. The lowest BCUT2D eigenvalue weighted by Crippen LogP contribution is -2.86. The van der Waals surface area contributed by atoms with Crippen molar-refractivity contribution in [2.45, 2.75) is 23.6 Å². The van der Waals surface area contributed by atoms with Crippen molar-refractivity contribution in [2.24, 2.45) is 0 Å². The second-order valence-electron chi connectivity index (χ2n) is 5.23. The van der Waals surface area contributed by atoms with E-state index >= 15 is 0 Å². The van der Waals surface area contributed by atoms with Crippen LogP contribution in [0.4, 0.5) is 14.5 Å². The SMILES string of the molecule is C[C@@H]([NH2+]CC(=O)Nc1ccc(SC(F)F)cc1)c1ccc(Cl)cc1. The van der Waals surface area contributed by atoms with Gasteiger partial charge in [0.25, 0.3) is 11.7 Å². The van der Waals surface area contributed by atoms with E-state index in [0.717, 1.165) is 5.56 Å². The summed E-state index contributed by atoms with van der Waals surface area (Å²) in [6.07, 6.45) is 0. The van der Waals surface area contributed by atoms with Crippen LogP contribution in [0.15, 0.2) is 53.4 Å². The number of quaternary nitrogens is 1. The van der Waals surface area contributed by atoms with Crippen molar-refractivity contribution in [2.75, 3.05) is 11.9 Å². The maximum Gasteiger partial charge on any atom is 0.288 e. The Morgan fingerprint density at radius 2 is 1.79 bits per heavy atom. The zero-order chi connectivity index (χ0) is 17.5. The van der Waals surface area contributed by atoms with Crippen LogP contribution in [0.3, 0.4) is 0 Å². The highest BCUT2D eigenvalue weighted by atomic mass is 35.5. The maximum atomic E-state index is 12.3. The van der Waals surface area contributed by atoms with Gasteiger partial charge in [-0.2, -0.15) is 8.78 Å². The van der Waals surface area contributed by atoms with E-state index in [4.69, 9.17) is 11.6 Å². The van der Waals surface area contributed by atoms with E-state index in [-0.39, 0.29) is 18.5 Å². The molecule has 1 atom stereocenters. The molecule has 0 aliphatic rings. The number of amides is 1. The smallest absolute Gasteiger partial charge is 0.288 e. The molecule has 0 aromatic heterocycles. The van der Waals surface area contributed by atoms with Gasteiger partial charge in [0.1, 0.15) is 6.04 Å². The number of benzene rings is 2. The summed E-state index contributed by atoms with van der Waals surface area (Å²) in [7, 11) is 0. The lowest BCUT2D eigenvalue weighted by atomic mass is 10.1. The Bertz CT molecular complexity index is 665. The van der Waals surface area contributed by atoms with Crippen LogP contribution in [-0.4, -0.2) is 18.2 Å². The number of hydrogen-bond donors (Lipinski definition) is 2. The molecule has 0 saturated carbocycles. The fourth-order valence-corrected chi connectivity index (χ4v) is 2.74. The van der Waals surface area contributed by atoms with Gasteiger partial charge in [0.15, 0.2) is 6.54 Å². The number of halogens is 3. The van der Waals surface area contributed by atoms with E-state index in [0.29, 0.717) is 27.4 Å². The highest BCUT2D eigenvalue weighted by Gasteiger charge is 2.12. The molecular formula is C17H18ClF2N2OS+. The molecule has 2 rings (SSSR count). The number of carbonyl (C=O) groups is 1. The molecule has 3 N–H and O–H groups in total.